The number of ether oxygens (including phenoxy) is 1. The second-order valence-electron chi connectivity index (χ2n) is 7.50. The maximum atomic E-state index is 13.5. The van der Waals surface area contributed by atoms with Crippen LogP contribution in [0.15, 0.2) is 24.3 Å². The van der Waals surface area contributed by atoms with Gasteiger partial charge in [-0.1, -0.05) is 24.6 Å². The minimum absolute atomic E-state index is 0.0877. The van der Waals surface area contributed by atoms with E-state index < -0.39 is 6.04 Å². The van der Waals surface area contributed by atoms with Crippen molar-refractivity contribution in [2.24, 2.45) is 0 Å². The Hall–Kier alpha value is -2.58. The molecule has 2 aromatic rings. The molecular formula is C21H25ClN4O4. The van der Waals surface area contributed by atoms with Gasteiger partial charge in [0.05, 0.1) is 0 Å². The Morgan fingerprint density at radius 3 is 2.87 bits per heavy atom. The molecular weight excluding hydrogens is 408 g/mol. The van der Waals surface area contributed by atoms with Crippen LogP contribution in [0.5, 0.6) is 11.8 Å². The minimum Gasteiger partial charge on any atom is -0.425 e. The third-order valence-electron chi connectivity index (χ3n) is 5.43. The van der Waals surface area contributed by atoms with E-state index in [-0.39, 0.29) is 25.0 Å². The van der Waals surface area contributed by atoms with Gasteiger partial charge in [0.25, 0.3) is 11.8 Å². The van der Waals surface area contributed by atoms with Gasteiger partial charge in [-0.15, -0.1) is 0 Å². The highest BCUT2D eigenvalue weighted by molar-refractivity contribution is 6.30. The van der Waals surface area contributed by atoms with E-state index in [9.17, 15) is 14.7 Å². The van der Waals surface area contributed by atoms with Gasteiger partial charge in [0, 0.05) is 31.3 Å². The topological polar surface area (TPSA) is 87.9 Å². The predicted molar refractivity (Wildman–Crippen MR) is 112 cm³/mol. The molecule has 0 aliphatic carbocycles. The molecule has 1 aromatic carbocycles. The molecule has 0 spiro atoms. The molecule has 1 aromatic heterocycles. The third kappa shape index (κ3) is 3.65. The number of aliphatic hydroxyl groups excluding tert-OH is 1. The maximum absolute atomic E-state index is 13.5. The van der Waals surface area contributed by atoms with E-state index in [1.165, 1.54) is 4.90 Å². The summed E-state index contributed by atoms with van der Waals surface area (Å²) in [6, 6.07) is 6.89. The van der Waals surface area contributed by atoms with Crippen LogP contribution in [0.4, 0.5) is 5.82 Å². The lowest BCUT2D eigenvalue weighted by atomic mass is 10.2. The van der Waals surface area contributed by atoms with E-state index in [0.717, 1.165) is 12.8 Å². The number of hydrogen-bond acceptors (Lipinski definition) is 6. The molecule has 9 heteroatoms. The van der Waals surface area contributed by atoms with Gasteiger partial charge in [-0.25, -0.2) is 0 Å². The highest BCUT2D eigenvalue weighted by Gasteiger charge is 2.45. The van der Waals surface area contributed by atoms with Crippen molar-refractivity contribution < 1.29 is 19.4 Å². The van der Waals surface area contributed by atoms with Gasteiger partial charge < -0.3 is 14.7 Å². The van der Waals surface area contributed by atoms with Gasteiger partial charge in [-0.3, -0.25) is 19.1 Å². The molecule has 1 N–H and O–H groups in total. The Labute approximate surface area is 180 Å². The van der Waals surface area contributed by atoms with E-state index >= 15 is 0 Å². The molecule has 4 rings (SSSR count). The summed E-state index contributed by atoms with van der Waals surface area (Å²) in [5, 5.41) is 9.78. The summed E-state index contributed by atoms with van der Waals surface area (Å²) in [4.78, 5) is 34.4. The van der Waals surface area contributed by atoms with Crippen molar-refractivity contribution in [1.29, 1.82) is 0 Å². The number of carbonyl (C=O) groups is 2. The van der Waals surface area contributed by atoms with Crippen LogP contribution in [-0.2, 0) is 11.3 Å². The standard InChI is InChI=1S/C21H25ClN4O4/c1-2-9-25-17-18(23-21(25)30-15-7-3-6-14(22)13-15)24-10-4-8-16(24)19(28)26(20(17)29)11-5-12-27/h3,6-7,13,16,27H,2,4-5,8-12H2,1H3/t16-/m0/s1. The highest BCUT2D eigenvalue weighted by atomic mass is 35.5. The fourth-order valence-electron chi connectivity index (χ4n) is 4.10. The summed E-state index contributed by atoms with van der Waals surface area (Å²) in [6.07, 6.45) is 2.62. The summed E-state index contributed by atoms with van der Waals surface area (Å²) in [5.74, 6) is 0.413. The van der Waals surface area contributed by atoms with Crippen LogP contribution in [0.2, 0.25) is 5.02 Å². The molecule has 1 fully saturated rings. The number of anilines is 1. The van der Waals surface area contributed by atoms with E-state index in [0.29, 0.717) is 54.2 Å². The van der Waals surface area contributed by atoms with E-state index in [1.807, 2.05) is 11.8 Å². The Morgan fingerprint density at radius 2 is 2.13 bits per heavy atom. The lowest BCUT2D eigenvalue weighted by molar-refractivity contribution is -0.129. The average molecular weight is 433 g/mol. The van der Waals surface area contributed by atoms with Crippen LogP contribution in [0.25, 0.3) is 0 Å². The molecule has 3 heterocycles. The molecule has 0 unspecified atom stereocenters. The van der Waals surface area contributed by atoms with Crippen LogP contribution < -0.4 is 9.64 Å². The molecule has 8 nitrogen and oxygen atoms in total. The van der Waals surface area contributed by atoms with Crippen molar-refractivity contribution in [3.05, 3.63) is 35.0 Å². The van der Waals surface area contributed by atoms with Crippen LogP contribution in [0.3, 0.4) is 0 Å². The van der Waals surface area contributed by atoms with Crippen molar-refractivity contribution >= 4 is 29.2 Å². The molecule has 2 aliphatic rings. The largest absolute Gasteiger partial charge is 0.425 e. The number of benzene rings is 1. The maximum Gasteiger partial charge on any atom is 0.304 e. The lowest BCUT2D eigenvalue weighted by Gasteiger charge is -2.24. The minimum atomic E-state index is -0.419. The van der Waals surface area contributed by atoms with Crippen LogP contribution in [0.1, 0.15) is 43.1 Å². The molecule has 30 heavy (non-hydrogen) atoms. The zero-order valence-electron chi connectivity index (χ0n) is 16.9. The second-order valence-corrected chi connectivity index (χ2v) is 7.94. The normalized spacial score (nSPS) is 18.4. The quantitative estimate of drug-likeness (QED) is 0.676. The number of hydrogen-bond donors (Lipinski definition) is 1. The number of halogens is 1. The number of carbonyl (C=O) groups excluding carboxylic acids is 2. The first-order valence-corrected chi connectivity index (χ1v) is 10.7. The van der Waals surface area contributed by atoms with Crippen LogP contribution in [0, 0.1) is 0 Å². The fraction of sp³-hybridized carbons (Fsp3) is 0.476. The molecule has 2 aliphatic heterocycles. The first-order valence-electron chi connectivity index (χ1n) is 10.3. The number of rotatable bonds is 7. The van der Waals surface area contributed by atoms with Gasteiger partial charge in [-0.05, 0) is 43.9 Å². The molecule has 1 atom stereocenters. The number of aliphatic hydroxyl groups is 1. The summed E-state index contributed by atoms with van der Waals surface area (Å²) in [7, 11) is 0. The molecule has 1 saturated heterocycles. The first-order chi connectivity index (χ1) is 14.5. The van der Waals surface area contributed by atoms with Gasteiger partial charge in [0.2, 0.25) is 0 Å². The number of imidazole rings is 1. The zero-order chi connectivity index (χ0) is 21.3. The summed E-state index contributed by atoms with van der Waals surface area (Å²) in [6.45, 7) is 3.27. The summed E-state index contributed by atoms with van der Waals surface area (Å²) in [5.41, 5.74) is 0.365. The summed E-state index contributed by atoms with van der Waals surface area (Å²) >= 11 is 6.08. The number of amides is 2. The molecule has 0 radical (unpaired) electrons. The smallest absolute Gasteiger partial charge is 0.304 e. The first kappa shape index (κ1) is 20.7. The van der Waals surface area contributed by atoms with Crippen molar-refractivity contribution in [2.75, 3.05) is 24.6 Å². The highest BCUT2D eigenvalue weighted by Crippen LogP contribution is 2.37. The molecule has 0 saturated carbocycles. The Kier molecular flexibility index (Phi) is 5.97. The number of aromatic nitrogens is 2. The van der Waals surface area contributed by atoms with Gasteiger partial charge in [0.15, 0.2) is 11.5 Å². The van der Waals surface area contributed by atoms with Crippen LogP contribution >= 0.6 is 11.6 Å². The monoisotopic (exact) mass is 432 g/mol. The van der Waals surface area contributed by atoms with E-state index in [4.69, 9.17) is 16.3 Å². The van der Waals surface area contributed by atoms with Crippen molar-refractivity contribution in [3.63, 3.8) is 0 Å². The molecule has 0 bridgehead atoms. The number of nitrogens with zero attached hydrogens (tertiary/aromatic N) is 4. The van der Waals surface area contributed by atoms with Crippen LogP contribution in [-0.4, -0.2) is 57.1 Å². The number of fused-ring (bicyclic) bond motifs is 3. The van der Waals surface area contributed by atoms with Gasteiger partial charge in [0.1, 0.15) is 11.8 Å². The van der Waals surface area contributed by atoms with Crippen molar-refractivity contribution in [1.82, 2.24) is 14.5 Å². The van der Waals surface area contributed by atoms with Crippen molar-refractivity contribution in [3.8, 4) is 11.8 Å². The Balaban J connectivity index is 1.81. The van der Waals surface area contributed by atoms with Crippen molar-refractivity contribution in [2.45, 2.75) is 45.2 Å². The SMILES string of the molecule is CCCn1c(Oc2cccc(Cl)c2)nc2c1C(=O)N(CCCO)C(=O)[C@@H]1CCCN21. The second kappa shape index (κ2) is 8.65. The summed E-state index contributed by atoms with van der Waals surface area (Å²) < 4.78 is 7.77. The molecule has 160 valence electrons. The zero-order valence-corrected chi connectivity index (χ0v) is 17.6. The van der Waals surface area contributed by atoms with Gasteiger partial charge in [-0.2, -0.15) is 4.98 Å². The molecule has 2 amide bonds. The third-order valence-corrected chi connectivity index (χ3v) is 5.67. The fourth-order valence-corrected chi connectivity index (χ4v) is 4.28. The average Bonchev–Trinajstić information content (AvgIpc) is 3.32. The Morgan fingerprint density at radius 1 is 1.30 bits per heavy atom. The van der Waals surface area contributed by atoms with Gasteiger partial charge >= 0.3 is 6.01 Å². The Bertz CT molecular complexity index is 960. The van der Waals surface area contributed by atoms with E-state index in [2.05, 4.69) is 4.98 Å². The predicted octanol–water partition coefficient (Wildman–Crippen LogP) is 3.07. The van der Waals surface area contributed by atoms with E-state index in [1.54, 1.807) is 28.8 Å². The number of imide groups is 1. The lowest BCUT2D eigenvalue weighted by Crippen LogP contribution is -2.46.